The molecule has 7 heteroatoms. The van der Waals surface area contributed by atoms with E-state index in [1.54, 1.807) is 31.2 Å². The predicted octanol–water partition coefficient (Wildman–Crippen LogP) is 2.73. The number of carbonyl (C=O) groups excluding carboxylic acids is 1. The molecule has 2 aromatic rings. The summed E-state index contributed by atoms with van der Waals surface area (Å²) in [5, 5.41) is 2.87. The van der Waals surface area contributed by atoms with Crippen LogP contribution >= 0.6 is 0 Å². The van der Waals surface area contributed by atoms with E-state index in [-0.39, 0.29) is 11.9 Å². The molecule has 0 bridgehead atoms. The average Bonchev–Trinajstić information content (AvgIpc) is 2.61. The Labute approximate surface area is 154 Å². The monoisotopic (exact) mass is 376 g/mol. The zero-order chi connectivity index (χ0) is 19.3. The van der Waals surface area contributed by atoms with Gasteiger partial charge in [-0.2, -0.15) is 0 Å². The second-order valence-electron chi connectivity index (χ2n) is 6.07. The standard InChI is InChI=1S/C19H24N2O4S/c1-14(16-8-6-5-7-9-16)20-19(22)15(2)21(26(4,23)24)17-10-12-18(25-3)13-11-17/h5-15H,1-4H3,(H,20,22). The molecule has 0 aliphatic heterocycles. The molecule has 0 aliphatic rings. The van der Waals surface area contributed by atoms with Gasteiger partial charge in [-0.15, -0.1) is 0 Å². The maximum Gasteiger partial charge on any atom is 0.244 e. The van der Waals surface area contributed by atoms with Crippen molar-refractivity contribution in [3.63, 3.8) is 0 Å². The Bertz CT molecular complexity index is 836. The maximum absolute atomic E-state index is 12.7. The number of ether oxygens (including phenoxy) is 1. The molecule has 1 amide bonds. The maximum atomic E-state index is 12.7. The molecule has 140 valence electrons. The minimum Gasteiger partial charge on any atom is -0.497 e. The van der Waals surface area contributed by atoms with Gasteiger partial charge >= 0.3 is 0 Å². The highest BCUT2D eigenvalue weighted by Gasteiger charge is 2.29. The minimum atomic E-state index is -3.65. The lowest BCUT2D eigenvalue weighted by Crippen LogP contribution is -2.48. The summed E-state index contributed by atoms with van der Waals surface area (Å²) < 4.78 is 30.8. The van der Waals surface area contributed by atoms with Gasteiger partial charge in [0.15, 0.2) is 0 Å². The molecule has 2 rings (SSSR count). The number of rotatable bonds is 7. The number of nitrogens with one attached hydrogen (secondary N) is 1. The molecule has 2 atom stereocenters. The van der Waals surface area contributed by atoms with Crippen LogP contribution in [0.3, 0.4) is 0 Å². The van der Waals surface area contributed by atoms with Gasteiger partial charge in [0.25, 0.3) is 0 Å². The Kier molecular flexibility index (Phi) is 6.26. The quantitative estimate of drug-likeness (QED) is 0.806. The van der Waals surface area contributed by atoms with Crippen LogP contribution in [0.15, 0.2) is 54.6 Å². The Morgan fingerprint density at radius 1 is 1.04 bits per heavy atom. The molecule has 0 saturated carbocycles. The number of methoxy groups -OCH3 is 1. The lowest BCUT2D eigenvalue weighted by Gasteiger charge is -2.29. The second-order valence-corrected chi connectivity index (χ2v) is 7.93. The topological polar surface area (TPSA) is 75.7 Å². The largest absolute Gasteiger partial charge is 0.497 e. The third-order valence-electron chi connectivity index (χ3n) is 4.07. The zero-order valence-corrected chi connectivity index (χ0v) is 16.2. The van der Waals surface area contributed by atoms with Gasteiger partial charge in [-0.1, -0.05) is 30.3 Å². The Morgan fingerprint density at radius 2 is 1.62 bits per heavy atom. The third-order valence-corrected chi connectivity index (χ3v) is 5.32. The van der Waals surface area contributed by atoms with E-state index in [1.165, 1.54) is 7.11 Å². The molecule has 1 N–H and O–H groups in total. The summed E-state index contributed by atoms with van der Waals surface area (Å²) in [5.74, 6) is 0.236. The van der Waals surface area contributed by atoms with Gasteiger partial charge in [-0.05, 0) is 43.7 Å². The van der Waals surface area contributed by atoms with Crippen LogP contribution in [0, 0.1) is 0 Å². The molecule has 0 fully saturated rings. The van der Waals surface area contributed by atoms with Crippen molar-refractivity contribution in [3.05, 3.63) is 60.2 Å². The average molecular weight is 376 g/mol. The van der Waals surface area contributed by atoms with Crippen LogP contribution < -0.4 is 14.4 Å². The molecule has 0 spiro atoms. The molecule has 6 nitrogen and oxygen atoms in total. The summed E-state index contributed by atoms with van der Waals surface area (Å²) in [7, 11) is -2.12. The van der Waals surface area contributed by atoms with Gasteiger partial charge in [0, 0.05) is 0 Å². The van der Waals surface area contributed by atoms with Crippen LogP contribution in [0.2, 0.25) is 0 Å². The summed E-state index contributed by atoms with van der Waals surface area (Å²) in [6.07, 6.45) is 1.08. The third kappa shape index (κ3) is 4.76. The normalized spacial score (nSPS) is 13.5. The summed E-state index contributed by atoms with van der Waals surface area (Å²) in [6, 6.07) is 14.9. The second kappa shape index (κ2) is 8.23. The molecular weight excluding hydrogens is 352 g/mol. The van der Waals surface area contributed by atoms with Crippen molar-refractivity contribution in [3.8, 4) is 5.75 Å². The molecule has 26 heavy (non-hydrogen) atoms. The van der Waals surface area contributed by atoms with Crippen LogP contribution in [0.4, 0.5) is 5.69 Å². The Hall–Kier alpha value is -2.54. The van der Waals surface area contributed by atoms with Crippen LogP contribution in [-0.4, -0.2) is 33.7 Å². The van der Waals surface area contributed by atoms with E-state index in [1.807, 2.05) is 37.3 Å². The van der Waals surface area contributed by atoms with Gasteiger partial charge in [0.2, 0.25) is 15.9 Å². The number of hydrogen-bond acceptors (Lipinski definition) is 4. The van der Waals surface area contributed by atoms with E-state index in [4.69, 9.17) is 4.74 Å². The molecule has 2 unspecified atom stereocenters. The highest BCUT2D eigenvalue weighted by molar-refractivity contribution is 7.92. The van der Waals surface area contributed by atoms with Crippen molar-refractivity contribution in [1.82, 2.24) is 5.32 Å². The first-order valence-corrected chi connectivity index (χ1v) is 10.1. The van der Waals surface area contributed by atoms with Crippen molar-refractivity contribution in [2.45, 2.75) is 25.9 Å². The van der Waals surface area contributed by atoms with Crippen molar-refractivity contribution >= 4 is 21.6 Å². The first-order chi connectivity index (χ1) is 12.2. The SMILES string of the molecule is COc1ccc(N(C(C)C(=O)NC(C)c2ccccc2)S(C)(=O)=O)cc1. The fourth-order valence-electron chi connectivity index (χ4n) is 2.70. The van der Waals surface area contributed by atoms with Crippen molar-refractivity contribution in [2.75, 3.05) is 17.7 Å². The fraction of sp³-hybridized carbons (Fsp3) is 0.316. The van der Waals surface area contributed by atoms with Crippen LogP contribution in [0.5, 0.6) is 5.75 Å². The summed E-state index contributed by atoms with van der Waals surface area (Å²) >= 11 is 0. The van der Waals surface area contributed by atoms with Crippen LogP contribution in [-0.2, 0) is 14.8 Å². The molecule has 2 aromatic carbocycles. The molecule has 0 radical (unpaired) electrons. The fourth-order valence-corrected chi connectivity index (χ4v) is 3.87. The lowest BCUT2D eigenvalue weighted by atomic mass is 10.1. The van der Waals surface area contributed by atoms with E-state index < -0.39 is 16.1 Å². The lowest BCUT2D eigenvalue weighted by molar-refractivity contribution is -0.122. The summed E-state index contributed by atoms with van der Waals surface area (Å²) in [5.41, 5.74) is 1.35. The number of carbonyl (C=O) groups is 1. The summed E-state index contributed by atoms with van der Waals surface area (Å²) in [4.78, 5) is 12.7. The molecule has 0 aliphatic carbocycles. The zero-order valence-electron chi connectivity index (χ0n) is 15.3. The predicted molar refractivity (Wildman–Crippen MR) is 103 cm³/mol. The molecule has 0 aromatic heterocycles. The van der Waals surface area contributed by atoms with E-state index in [0.29, 0.717) is 11.4 Å². The van der Waals surface area contributed by atoms with Gasteiger partial charge in [-0.3, -0.25) is 9.10 Å². The van der Waals surface area contributed by atoms with Gasteiger partial charge in [0.05, 0.1) is 25.1 Å². The number of amides is 1. The van der Waals surface area contributed by atoms with Crippen LogP contribution in [0.25, 0.3) is 0 Å². The highest BCUT2D eigenvalue weighted by Crippen LogP contribution is 2.24. The molecule has 0 saturated heterocycles. The molecular formula is C19H24N2O4S. The number of anilines is 1. The molecule has 0 heterocycles. The first-order valence-electron chi connectivity index (χ1n) is 8.23. The number of nitrogens with zero attached hydrogens (tertiary/aromatic N) is 1. The highest BCUT2D eigenvalue weighted by atomic mass is 32.2. The number of sulfonamides is 1. The van der Waals surface area contributed by atoms with E-state index >= 15 is 0 Å². The Morgan fingerprint density at radius 3 is 2.12 bits per heavy atom. The smallest absolute Gasteiger partial charge is 0.244 e. The van der Waals surface area contributed by atoms with Crippen LogP contribution in [0.1, 0.15) is 25.5 Å². The van der Waals surface area contributed by atoms with Crippen molar-refractivity contribution in [1.29, 1.82) is 0 Å². The van der Waals surface area contributed by atoms with Gasteiger partial charge in [-0.25, -0.2) is 8.42 Å². The van der Waals surface area contributed by atoms with Gasteiger partial charge < -0.3 is 10.1 Å². The van der Waals surface area contributed by atoms with E-state index in [2.05, 4.69) is 5.32 Å². The van der Waals surface area contributed by atoms with E-state index in [9.17, 15) is 13.2 Å². The summed E-state index contributed by atoms with van der Waals surface area (Å²) in [6.45, 7) is 3.43. The van der Waals surface area contributed by atoms with E-state index in [0.717, 1.165) is 16.1 Å². The number of benzene rings is 2. The van der Waals surface area contributed by atoms with Crippen molar-refractivity contribution < 1.29 is 17.9 Å². The number of hydrogen-bond donors (Lipinski definition) is 1. The van der Waals surface area contributed by atoms with Gasteiger partial charge in [0.1, 0.15) is 11.8 Å². The van der Waals surface area contributed by atoms with Crippen molar-refractivity contribution in [2.24, 2.45) is 0 Å². The Balaban J connectivity index is 2.23. The minimum absolute atomic E-state index is 0.233. The first kappa shape index (κ1) is 19.8.